The Hall–Kier alpha value is -8.20. The van der Waals surface area contributed by atoms with Crippen LogP contribution in [-0.2, 0) is 12.0 Å². The van der Waals surface area contributed by atoms with Crippen LogP contribution in [0.25, 0.3) is 72.0 Å². The molecule has 2 aliphatic rings. The van der Waals surface area contributed by atoms with Gasteiger partial charge in [-0.2, -0.15) is 0 Å². The summed E-state index contributed by atoms with van der Waals surface area (Å²) in [7, 11) is 0. The maximum absolute atomic E-state index is 2.51. The van der Waals surface area contributed by atoms with Gasteiger partial charge in [-0.1, -0.05) is 194 Å². The number of benzene rings is 10. The molecule has 0 radical (unpaired) electrons. The van der Waals surface area contributed by atoms with Crippen LogP contribution in [0.2, 0.25) is 0 Å². The first-order chi connectivity index (χ1) is 31.8. The fourth-order valence-electron chi connectivity index (χ4n) is 11.2. The Morgan fingerprint density at radius 3 is 1.53 bits per heavy atom. The van der Waals surface area contributed by atoms with Gasteiger partial charge in [-0.15, -0.1) is 0 Å². The number of rotatable bonds is 7. The van der Waals surface area contributed by atoms with Gasteiger partial charge in [0.15, 0.2) is 0 Å². The molecule has 0 unspecified atom stereocenters. The highest BCUT2D eigenvalue weighted by atomic mass is 15.1. The average molecular weight is 815 g/mol. The van der Waals surface area contributed by atoms with Crippen molar-refractivity contribution in [1.82, 2.24) is 4.57 Å². The van der Waals surface area contributed by atoms with Crippen LogP contribution >= 0.6 is 0 Å². The number of anilines is 2. The fraction of sp³-hybridized carbons (Fsp3) is 0.0323. The van der Waals surface area contributed by atoms with Crippen LogP contribution in [0.4, 0.5) is 11.4 Å². The molecule has 2 nitrogen and oxygen atoms in total. The van der Waals surface area contributed by atoms with Crippen molar-refractivity contribution >= 4 is 33.2 Å². The molecule has 1 heterocycles. The Bertz CT molecular complexity index is 3500. The van der Waals surface area contributed by atoms with Crippen molar-refractivity contribution in [3.05, 3.63) is 270 Å². The van der Waals surface area contributed by atoms with Crippen LogP contribution in [-0.4, -0.2) is 4.57 Å². The SMILES string of the molecule is c1ccc(-c2ccc(N(Cc3cccc4c3-c3ccccc3C43c4ccccc4-c4ccccc43)c3cccc(-c4cccc(-n5c6ccccc6c6ccccc65)c4)c3)cc2)cc1. The van der Waals surface area contributed by atoms with Gasteiger partial charge >= 0.3 is 0 Å². The molecule has 10 aromatic carbocycles. The Kier molecular flexibility index (Phi) is 8.23. The molecule has 0 N–H and O–H groups in total. The van der Waals surface area contributed by atoms with Gasteiger partial charge in [-0.3, -0.25) is 0 Å². The lowest BCUT2D eigenvalue weighted by Crippen LogP contribution is -2.26. The molecule has 2 aliphatic carbocycles. The molecule has 0 amide bonds. The normalized spacial score (nSPS) is 12.9. The highest BCUT2D eigenvalue weighted by Gasteiger charge is 2.51. The quantitative estimate of drug-likeness (QED) is 0.156. The van der Waals surface area contributed by atoms with Crippen molar-refractivity contribution < 1.29 is 0 Å². The number of para-hydroxylation sites is 2. The zero-order valence-electron chi connectivity index (χ0n) is 35.2. The summed E-state index contributed by atoms with van der Waals surface area (Å²) in [5.74, 6) is 0. The summed E-state index contributed by atoms with van der Waals surface area (Å²) in [5.41, 5.74) is 22.3. The van der Waals surface area contributed by atoms with E-state index in [0.29, 0.717) is 6.54 Å². The standard InChI is InChI=1S/C62H42N2/c1-2-17-42(18-3-1)43-35-37-47(38-36-43)63(48-22-14-19-44(39-48)45-20-15-23-49(40-45)64-59-33-12-7-26-52(59)53-27-8-13-34-60(53)64)41-46-21-16-32-58-61(46)54-28-6-11-31-57(54)62(58)55-29-9-4-24-50(55)51-25-5-10-30-56(51)62/h1-40H,41H2. The molecule has 11 aromatic rings. The second kappa shape index (κ2) is 14.4. The zero-order valence-corrected chi connectivity index (χ0v) is 35.2. The molecular formula is C62H42N2. The smallest absolute Gasteiger partial charge is 0.0725 e. The highest BCUT2D eigenvalue weighted by molar-refractivity contribution is 6.09. The minimum Gasteiger partial charge on any atom is -0.337 e. The van der Waals surface area contributed by atoms with E-state index in [9.17, 15) is 0 Å². The van der Waals surface area contributed by atoms with Crippen LogP contribution in [0.15, 0.2) is 243 Å². The Morgan fingerprint density at radius 1 is 0.344 bits per heavy atom. The van der Waals surface area contributed by atoms with Crippen LogP contribution in [0, 0.1) is 0 Å². The second-order valence-electron chi connectivity index (χ2n) is 17.2. The lowest BCUT2D eigenvalue weighted by Gasteiger charge is -2.31. The third-order valence-corrected chi connectivity index (χ3v) is 13.9. The zero-order chi connectivity index (χ0) is 42.2. The van der Waals surface area contributed by atoms with E-state index in [-0.39, 0.29) is 0 Å². The van der Waals surface area contributed by atoms with Crippen molar-refractivity contribution in [3.8, 4) is 50.2 Å². The molecule has 0 bridgehead atoms. The third-order valence-electron chi connectivity index (χ3n) is 13.9. The van der Waals surface area contributed by atoms with Crippen molar-refractivity contribution in [1.29, 1.82) is 0 Å². The Labute approximate surface area is 373 Å². The van der Waals surface area contributed by atoms with Gasteiger partial charge in [0, 0.05) is 34.4 Å². The summed E-state index contributed by atoms with van der Waals surface area (Å²) < 4.78 is 2.40. The van der Waals surface area contributed by atoms with Crippen molar-refractivity contribution in [2.24, 2.45) is 0 Å². The van der Waals surface area contributed by atoms with E-state index in [0.717, 1.165) is 17.1 Å². The lowest BCUT2D eigenvalue weighted by molar-refractivity contribution is 0.792. The van der Waals surface area contributed by atoms with Gasteiger partial charge in [-0.25, -0.2) is 0 Å². The van der Waals surface area contributed by atoms with Gasteiger partial charge < -0.3 is 9.47 Å². The van der Waals surface area contributed by atoms with E-state index in [4.69, 9.17) is 0 Å². The van der Waals surface area contributed by atoms with Gasteiger partial charge in [0.25, 0.3) is 0 Å². The summed E-state index contributed by atoms with van der Waals surface area (Å²) >= 11 is 0. The molecular weight excluding hydrogens is 773 g/mol. The van der Waals surface area contributed by atoms with Crippen molar-refractivity contribution in [2.45, 2.75) is 12.0 Å². The molecule has 0 fully saturated rings. The Balaban J connectivity index is 0.964. The maximum Gasteiger partial charge on any atom is 0.0725 e. The fourth-order valence-corrected chi connectivity index (χ4v) is 11.2. The van der Waals surface area contributed by atoms with Gasteiger partial charge in [0.05, 0.1) is 16.4 Å². The summed E-state index contributed by atoms with van der Waals surface area (Å²) in [4.78, 5) is 2.51. The minimum absolute atomic E-state index is 0.390. The molecule has 0 atom stereocenters. The van der Waals surface area contributed by atoms with Gasteiger partial charge in [0.2, 0.25) is 0 Å². The second-order valence-corrected chi connectivity index (χ2v) is 17.2. The maximum atomic E-state index is 2.51. The number of hydrogen-bond acceptors (Lipinski definition) is 1. The predicted molar refractivity (Wildman–Crippen MR) is 267 cm³/mol. The molecule has 13 rings (SSSR count). The van der Waals surface area contributed by atoms with E-state index in [1.807, 2.05) is 0 Å². The number of nitrogens with zero attached hydrogens (tertiary/aromatic N) is 2. The largest absolute Gasteiger partial charge is 0.337 e. The highest BCUT2D eigenvalue weighted by Crippen LogP contribution is 2.63. The first-order valence-corrected chi connectivity index (χ1v) is 22.3. The van der Waals surface area contributed by atoms with Crippen molar-refractivity contribution in [2.75, 3.05) is 4.90 Å². The molecule has 2 heteroatoms. The van der Waals surface area contributed by atoms with E-state index in [1.54, 1.807) is 0 Å². The number of aromatic nitrogens is 1. The summed E-state index contributed by atoms with van der Waals surface area (Å²) in [6.07, 6.45) is 0. The van der Waals surface area contributed by atoms with Gasteiger partial charge in [0.1, 0.15) is 0 Å². The Morgan fingerprint density at radius 2 is 0.844 bits per heavy atom. The molecule has 1 spiro atoms. The topological polar surface area (TPSA) is 8.17 Å². The van der Waals surface area contributed by atoms with Crippen molar-refractivity contribution in [3.63, 3.8) is 0 Å². The summed E-state index contributed by atoms with van der Waals surface area (Å²) in [6.45, 7) is 0.687. The van der Waals surface area contributed by atoms with E-state index >= 15 is 0 Å². The molecule has 1 aromatic heterocycles. The van der Waals surface area contributed by atoms with E-state index < -0.39 is 5.41 Å². The monoisotopic (exact) mass is 814 g/mol. The number of fused-ring (bicyclic) bond motifs is 13. The minimum atomic E-state index is -0.390. The number of hydrogen-bond donors (Lipinski definition) is 0. The molecule has 0 saturated heterocycles. The van der Waals surface area contributed by atoms with Crippen LogP contribution < -0.4 is 4.90 Å². The first kappa shape index (κ1) is 36.5. The average Bonchev–Trinajstić information content (AvgIpc) is 3.98. The van der Waals surface area contributed by atoms with E-state index in [2.05, 4.69) is 252 Å². The molecule has 64 heavy (non-hydrogen) atoms. The van der Waals surface area contributed by atoms with E-state index in [1.165, 1.54) is 94.1 Å². The first-order valence-electron chi connectivity index (χ1n) is 22.3. The van der Waals surface area contributed by atoms with Crippen LogP contribution in [0.1, 0.15) is 27.8 Å². The summed E-state index contributed by atoms with van der Waals surface area (Å²) in [6, 6.07) is 89.7. The molecule has 300 valence electrons. The molecule has 0 aliphatic heterocycles. The summed E-state index contributed by atoms with van der Waals surface area (Å²) in [5, 5.41) is 2.53. The van der Waals surface area contributed by atoms with Crippen LogP contribution in [0.5, 0.6) is 0 Å². The third kappa shape index (κ3) is 5.39. The lowest BCUT2D eigenvalue weighted by atomic mass is 9.70. The predicted octanol–water partition coefficient (Wildman–Crippen LogP) is 15.8. The van der Waals surface area contributed by atoms with Crippen LogP contribution in [0.3, 0.4) is 0 Å². The molecule has 0 saturated carbocycles. The van der Waals surface area contributed by atoms with Gasteiger partial charge in [-0.05, 0) is 121 Å².